The highest BCUT2D eigenvalue weighted by molar-refractivity contribution is 7.92. The van der Waals surface area contributed by atoms with Crippen LogP contribution in [0.5, 0.6) is 0 Å². The second-order valence-corrected chi connectivity index (χ2v) is 10.1. The highest BCUT2D eigenvalue weighted by Crippen LogP contribution is 2.32. The van der Waals surface area contributed by atoms with Crippen molar-refractivity contribution < 1.29 is 22.0 Å². The van der Waals surface area contributed by atoms with Crippen LogP contribution in [0, 0.1) is 18.6 Å². The Balaban J connectivity index is 1.71. The number of halogens is 2. The number of nitrogens with zero attached hydrogens (tertiary/aromatic N) is 3. The van der Waals surface area contributed by atoms with Gasteiger partial charge in [-0.25, -0.2) is 22.2 Å². The lowest BCUT2D eigenvalue weighted by Gasteiger charge is -2.19. The summed E-state index contributed by atoms with van der Waals surface area (Å²) in [6.45, 7) is 1.75. The summed E-state index contributed by atoms with van der Waals surface area (Å²) in [5.41, 5.74) is 1.28. The lowest BCUT2D eigenvalue weighted by atomic mass is 10.2. The molecule has 32 heavy (non-hydrogen) atoms. The minimum atomic E-state index is -3.94. The molecular weight excluding hydrogens is 456 g/mol. The standard InChI is InChI=1S/C22H17F2N3O3S2/c1-14-5-7-17(8-6-14)32(29,30)13-20(28)27(12-16-4-2-3-9-25-16)22-26-21-18(24)10-15(23)11-19(21)31-22/h2-11H,12-13H2,1H3. The number of thiazole rings is 1. The molecule has 1 amide bonds. The van der Waals surface area contributed by atoms with Crippen LogP contribution in [0.15, 0.2) is 65.7 Å². The van der Waals surface area contributed by atoms with Gasteiger partial charge in [0.25, 0.3) is 0 Å². The summed E-state index contributed by atoms with van der Waals surface area (Å²) in [4.78, 5) is 22.6. The van der Waals surface area contributed by atoms with Gasteiger partial charge in [0.15, 0.2) is 20.8 Å². The second-order valence-electron chi connectivity index (χ2n) is 7.10. The summed E-state index contributed by atoms with van der Waals surface area (Å²) in [5.74, 6) is -3.19. The largest absolute Gasteiger partial charge is 0.281 e. The van der Waals surface area contributed by atoms with Crippen molar-refractivity contribution in [3.05, 3.63) is 83.7 Å². The lowest BCUT2D eigenvalue weighted by Crippen LogP contribution is -2.35. The smallest absolute Gasteiger partial charge is 0.244 e. The van der Waals surface area contributed by atoms with E-state index in [1.54, 1.807) is 30.3 Å². The molecule has 0 bridgehead atoms. The molecule has 2 aromatic heterocycles. The van der Waals surface area contributed by atoms with E-state index in [4.69, 9.17) is 0 Å². The zero-order valence-electron chi connectivity index (χ0n) is 16.8. The van der Waals surface area contributed by atoms with Crippen LogP contribution in [0.4, 0.5) is 13.9 Å². The summed E-state index contributed by atoms with van der Waals surface area (Å²) in [5, 5.41) is 0.0549. The van der Waals surface area contributed by atoms with E-state index >= 15 is 0 Å². The van der Waals surface area contributed by atoms with Crippen molar-refractivity contribution in [3.63, 3.8) is 0 Å². The van der Waals surface area contributed by atoms with Crippen LogP contribution in [-0.4, -0.2) is 30.0 Å². The molecule has 0 aliphatic heterocycles. The summed E-state index contributed by atoms with van der Waals surface area (Å²) in [7, 11) is -3.94. The number of pyridine rings is 1. The number of hydrogen-bond acceptors (Lipinski definition) is 6. The number of benzene rings is 2. The average Bonchev–Trinajstić information content (AvgIpc) is 3.16. The zero-order valence-corrected chi connectivity index (χ0v) is 18.5. The molecule has 0 saturated heterocycles. The van der Waals surface area contributed by atoms with Crippen molar-refractivity contribution >= 4 is 42.4 Å². The molecule has 10 heteroatoms. The summed E-state index contributed by atoms with van der Waals surface area (Å²) >= 11 is 0.896. The summed E-state index contributed by atoms with van der Waals surface area (Å²) in [6, 6.07) is 13.1. The highest BCUT2D eigenvalue weighted by Gasteiger charge is 2.27. The molecule has 4 aromatic rings. The van der Waals surface area contributed by atoms with E-state index in [2.05, 4.69) is 9.97 Å². The first-order valence-corrected chi connectivity index (χ1v) is 11.9. The normalized spacial score (nSPS) is 11.6. The topological polar surface area (TPSA) is 80.2 Å². The molecule has 0 radical (unpaired) electrons. The molecule has 0 aliphatic carbocycles. The number of carbonyl (C=O) groups is 1. The van der Waals surface area contributed by atoms with E-state index in [-0.39, 0.29) is 26.8 Å². The molecule has 2 heterocycles. The molecule has 2 aromatic carbocycles. The Hall–Kier alpha value is -3.24. The number of carbonyl (C=O) groups excluding carboxylic acids is 1. The number of hydrogen-bond donors (Lipinski definition) is 0. The lowest BCUT2D eigenvalue weighted by molar-refractivity contribution is -0.116. The van der Waals surface area contributed by atoms with Crippen molar-refractivity contribution in [1.82, 2.24) is 9.97 Å². The Kier molecular flexibility index (Phi) is 5.98. The molecule has 0 unspecified atom stereocenters. The van der Waals surface area contributed by atoms with E-state index in [1.807, 2.05) is 6.92 Å². The fraction of sp³-hybridized carbons (Fsp3) is 0.136. The first kappa shape index (κ1) is 22.0. The fourth-order valence-corrected chi connectivity index (χ4v) is 5.27. The van der Waals surface area contributed by atoms with Crippen molar-refractivity contribution in [2.24, 2.45) is 0 Å². The molecule has 0 saturated carbocycles. The maximum Gasteiger partial charge on any atom is 0.244 e. The number of fused-ring (bicyclic) bond motifs is 1. The van der Waals surface area contributed by atoms with Gasteiger partial charge in [0, 0.05) is 12.3 Å². The molecule has 0 fully saturated rings. The van der Waals surface area contributed by atoms with Gasteiger partial charge in [-0.1, -0.05) is 35.1 Å². The maximum atomic E-state index is 14.2. The second kappa shape index (κ2) is 8.71. The van der Waals surface area contributed by atoms with Gasteiger partial charge in [-0.05, 0) is 37.3 Å². The van der Waals surface area contributed by atoms with Gasteiger partial charge in [0.1, 0.15) is 17.1 Å². The molecule has 0 aliphatic rings. The minimum absolute atomic E-state index is 0.0200. The zero-order chi connectivity index (χ0) is 22.9. The van der Waals surface area contributed by atoms with Crippen molar-refractivity contribution in [2.45, 2.75) is 18.4 Å². The summed E-state index contributed by atoms with van der Waals surface area (Å²) < 4.78 is 53.6. The number of anilines is 1. The maximum absolute atomic E-state index is 14.2. The van der Waals surface area contributed by atoms with Crippen molar-refractivity contribution in [3.8, 4) is 0 Å². The molecular formula is C22H17F2N3O3S2. The van der Waals surface area contributed by atoms with E-state index < -0.39 is 33.1 Å². The Morgan fingerprint density at radius 1 is 1.09 bits per heavy atom. The van der Waals surface area contributed by atoms with Gasteiger partial charge in [-0.2, -0.15) is 0 Å². The van der Waals surface area contributed by atoms with Gasteiger partial charge in [-0.15, -0.1) is 0 Å². The van der Waals surface area contributed by atoms with Gasteiger partial charge in [0.05, 0.1) is 21.8 Å². The molecule has 4 rings (SSSR count). The van der Waals surface area contributed by atoms with Crippen molar-refractivity contribution in [1.29, 1.82) is 0 Å². The number of aromatic nitrogens is 2. The van der Waals surface area contributed by atoms with Gasteiger partial charge >= 0.3 is 0 Å². The molecule has 0 spiro atoms. The first-order chi connectivity index (χ1) is 15.2. The van der Waals surface area contributed by atoms with Crippen LogP contribution in [-0.2, 0) is 21.2 Å². The summed E-state index contributed by atoms with van der Waals surface area (Å²) in [6.07, 6.45) is 1.54. The third-order valence-corrected chi connectivity index (χ3v) is 7.32. The van der Waals surface area contributed by atoms with Gasteiger partial charge < -0.3 is 0 Å². The number of amides is 1. The van der Waals surface area contributed by atoms with Crippen LogP contribution in [0.25, 0.3) is 10.2 Å². The SMILES string of the molecule is Cc1ccc(S(=O)(=O)CC(=O)N(Cc2ccccn2)c2nc3c(F)cc(F)cc3s2)cc1. The third-order valence-electron chi connectivity index (χ3n) is 4.67. The van der Waals surface area contributed by atoms with E-state index in [0.717, 1.165) is 27.9 Å². The van der Waals surface area contributed by atoms with Crippen LogP contribution in [0.2, 0.25) is 0 Å². The number of rotatable bonds is 6. The Morgan fingerprint density at radius 3 is 2.53 bits per heavy atom. The van der Waals surface area contributed by atoms with Crippen LogP contribution in [0.3, 0.4) is 0 Å². The quantitative estimate of drug-likeness (QED) is 0.418. The van der Waals surface area contributed by atoms with Crippen molar-refractivity contribution in [2.75, 3.05) is 10.7 Å². The van der Waals surface area contributed by atoms with Crippen LogP contribution in [0.1, 0.15) is 11.3 Å². The number of sulfone groups is 1. The highest BCUT2D eigenvalue weighted by atomic mass is 32.2. The Bertz CT molecular complexity index is 1390. The van der Waals surface area contributed by atoms with Gasteiger partial charge in [-0.3, -0.25) is 14.7 Å². The Labute approximate surface area is 187 Å². The predicted molar refractivity (Wildman–Crippen MR) is 118 cm³/mol. The van der Waals surface area contributed by atoms with E-state index in [1.165, 1.54) is 18.3 Å². The van der Waals surface area contributed by atoms with E-state index in [9.17, 15) is 22.0 Å². The molecule has 6 nitrogen and oxygen atoms in total. The van der Waals surface area contributed by atoms with E-state index in [0.29, 0.717) is 11.8 Å². The monoisotopic (exact) mass is 473 g/mol. The van der Waals surface area contributed by atoms with Crippen LogP contribution < -0.4 is 4.90 Å². The fourth-order valence-electron chi connectivity index (χ4n) is 3.05. The molecule has 0 N–H and O–H groups in total. The first-order valence-electron chi connectivity index (χ1n) is 9.48. The van der Waals surface area contributed by atoms with Crippen LogP contribution >= 0.6 is 11.3 Å². The van der Waals surface area contributed by atoms with Gasteiger partial charge in [0.2, 0.25) is 5.91 Å². The molecule has 164 valence electrons. The minimum Gasteiger partial charge on any atom is -0.281 e. The average molecular weight is 474 g/mol. The Morgan fingerprint density at radius 2 is 1.84 bits per heavy atom. The molecule has 0 atom stereocenters. The third kappa shape index (κ3) is 4.66. The predicted octanol–water partition coefficient (Wildman–Crippen LogP) is 4.29. The number of aryl methyl sites for hydroxylation is 1.